The molecule has 0 unspecified atom stereocenters. The molecule has 19 heavy (non-hydrogen) atoms. The zero-order valence-corrected chi connectivity index (χ0v) is 12.5. The maximum atomic E-state index is 12.4. The van der Waals surface area contributed by atoms with Gasteiger partial charge in [-0.25, -0.2) is 0 Å². The lowest BCUT2D eigenvalue weighted by molar-refractivity contribution is 0.0768. The standard InChI is InChI=1S/C14H18N2OS.ClH/c17-14(16-4-1-6-18-7-5-16)11-2-3-12-9-15-10-13(12)8-11;/h2-3,8,15H,1,4-7,9-10H2;1H. The van der Waals surface area contributed by atoms with E-state index in [9.17, 15) is 4.79 Å². The number of nitrogens with zero attached hydrogens (tertiary/aromatic N) is 1. The van der Waals surface area contributed by atoms with Crippen LogP contribution >= 0.6 is 24.2 Å². The minimum Gasteiger partial charge on any atom is -0.338 e. The Labute approximate surface area is 124 Å². The van der Waals surface area contributed by atoms with Gasteiger partial charge in [0.2, 0.25) is 0 Å². The Bertz CT molecular complexity index is 459. The van der Waals surface area contributed by atoms with Gasteiger partial charge in [-0.3, -0.25) is 4.79 Å². The number of rotatable bonds is 1. The van der Waals surface area contributed by atoms with Crippen molar-refractivity contribution in [2.75, 3.05) is 24.6 Å². The molecule has 0 saturated carbocycles. The summed E-state index contributed by atoms with van der Waals surface area (Å²) < 4.78 is 0. The summed E-state index contributed by atoms with van der Waals surface area (Å²) in [5.74, 6) is 2.45. The number of thioether (sulfide) groups is 1. The van der Waals surface area contributed by atoms with Gasteiger partial charge in [-0.15, -0.1) is 12.4 Å². The smallest absolute Gasteiger partial charge is 0.253 e. The van der Waals surface area contributed by atoms with Crippen molar-refractivity contribution in [2.45, 2.75) is 19.5 Å². The van der Waals surface area contributed by atoms with E-state index in [1.54, 1.807) is 0 Å². The van der Waals surface area contributed by atoms with E-state index in [4.69, 9.17) is 0 Å². The topological polar surface area (TPSA) is 32.3 Å². The Kier molecular flexibility index (Phi) is 5.13. The van der Waals surface area contributed by atoms with Gasteiger partial charge in [0.1, 0.15) is 0 Å². The van der Waals surface area contributed by atoms with Gasteiger partial charge in [-0.1, -0.05) is 6.07 Å². The molecule has 0 aliphatic carbocycles. The zero-order valence-electron chi connectivity index (χ0n) is 10.9. The van der Waals surface area contributed by atoms with Crippen molar-refractivity contribution in [1.29, 1.82) is 0 Å². The van der Waals surface area contributed by atoms with Crippen LogP contribution in [0.5, 0.6) is 0 Å². The first-order chi connectivity index (χ1) is 8.84. The van der Waals surface area contributed by atoms with Crippen LogP contribution in [0.25, 0.3) is 0 Å². The molecule has 0 radical (unpaired) electrons. The quantitative estimate of drug-likeness (QED) is 0.863. The summed E-state index contributed by atoms with van der Waals surface area (Å²) >= 11 is 1.95. The number of carbonyl (C=O) groups excluding carboxylic acids is 1. The number of nitrogens with one attached hydrogen (secondary N) is 1. The fraction of sp³-hybridized carbons (Fsp3) is 0.500. The highest BCUT2D eigenvalue weighted by Crippen LogP contribution is 2.19. The molecule has 1 aromatic rings. The summed E-state index contributed by atoms with van der Waals surface area (Å²) in [6, 6.07) is 6.14. The van der Waals surface area contributed by atoms with Gasteiger partial charge in [-0.2, -0.15) is 11.8 Å². The molecular formula is C14H19ClN2OS. The van der Waals surface area contributed by atoms with Crippen molar-refractivity contribution >= 4 is 30.1 Å². The minimum atomic E-state index is 0. The second kappa shape index (κ2) is 6.64. The average Bonchev–Trinajstić information content (AvgIpc) is 2.69. The summed E-state index contributed by atoms with van der Waals surface area (Å²) in [4.78, 5) is 14.5. The van der Waals surface area contributed by atoms with Crippen molar-refractivity contribution in [1.82, 2.24) is 10.2 Å². The van der Waals surface area contributed by atoms with Crippen LogP contribution < -0.4 is 5.32 Å². The Morgan fingerprint density at radius 1 is 1.16 bits per heavy atom. The molecule has 0 spiro atoms. The molecule has 1 N–H and O–H groups in total. The summed E-state index contributed by atoms with van der Waals surface area (Å²) in [5.41, 5.74) is 3.47. The highest BCUT2D eigenvalue weighted by Gasteiger charge is 2.19. The van der Waals surface area contributed by atoms with E-state index in [0.29, 0.717) is 0 Å². The summed E-state index contributed by atoms with van der Waals surface area (Å²) in [5, 5.41) is 3.32. The first-order valence-corrected chi connectivity index (χ1v) is 7.69. The molecule has 1 aromatic carbocycles. The van der Waals surface area contributed by atoms with Crippen LogP contribution in [0.1, 0.15) is 27.9 Å². The number of carbonyl (C=O) groups is 1. The molecule has 104 valence electrons. The maximum absolute atomic E-state index is 12.4. The Balaban J connectivity index is 0.00000133. The zero-order chi connectivity index (χ0) is 12.4. The largest absolute Gasteiger partial charge is 0.338 e. The third-order valence-electron chi connectivity index (χ3n) is 3.59. The molecule has 1 amide bonds. The van der Waals surface area contributed by atoms with Gasteiger partial charge in [0.25, 0.3) is 5.91 Å². The van der Waals surface area contributed by atoms with Crippen LogP contribution in [0, 0.1) is 0 Å². The molecule has 3 nitrogen and oxygen atoms in total. The molecule has 5 heteroatoms. The number of benzene rings is 1. The lowest BCUT2D eigenvalue weighted by Gasteiger charge is -2.20. The Morgan fingerprint density at radius 2 is 2.00 bits per heavy atom. The van der Waals surface area contributed by atoms with E-state index in [1.165, 1.54) is 16.9 Å². The van der Waals surface area contributed by atoms with E-state index < -0.39 is 0 Å². The summed E-state index contributed by atoms with van der Waals surface area (Å²) in [6.45, 7) is 3.62. The molecule has 0 aromatic heterocycles. The molecule has 2 aliphatic heterocycles. The van der Waals surface area contributed by atoms with Crippen molar-refractivity contribution in [2.24, 2.45) is 0 Å². The molecule has 0 bridgehead atoms. The molecule has 2 heterocycles. The molecule has 0 atom stereocenters. The third kappa shape index (κ3) is 3.25. The van der Waals surface area contributed by atoms with Gasteiger partial charge < -0.3 is 10.2 Å². The van der Waals surface area contributed by atoms with E-state index >= 15 is 0 Å². The third-order valence-corrected chi connectivity index (χ3v) is 4.64. The predicted octanol–water partition coefficient (Wildman–Crippen LogP) is 2.29. The molecule has 3 rings (SSSR count). The van der Waals surface area contributed by atoms with E-state index in [1.807, 2.05) is 22.7 Å². The van der Waals surface area contributed by atoms with Gasteiger partial charge in [-0.05, 0) is 35.4 Å². The van der Waals surface area contributed by atoms with Crippen LogP contribution in [0.2, 0.25) is 0 Å². The first-order valence-electron chi connectivity index (χ1n) is 6.54. The van der Waals surface area contributed by atoms with Gasteiger partial charge >= 0.3 is 0 Å². The monoisotopic (exact) mass is 298 g/mol. The van der Waals surface area contributed by atoms with Crippen LogP contribution in [0.15, 0.2) is 18.2 Å². The van der Waals surface area contributed by atoms with E-state index in [2.05, 4.69) is 17.4 Å². The van der Waals surface area contributed by atoms with Gasteiger partial charge in [0, 0.05) is 37.5 Å². The molecule has 1 fully saturated rings. The van der Waals surface area contributed by atoms with Crippen molar-refractivity contribution in [3.8, 4) is 0 Å². The summed E-state index contributed by atoms with van der Waals surface area (Å²) in [6.07, 6.45) is 1.11. The normalized spacial score (nSPS) is 18.4. The Morgan fingerprint density at radius 3 is 2.89 bits per heavy atom. The van der Waals surface area contributed by atoms with Crippen LogP contribution in [0.3, 0.4) is 0 Å². The highest BCUT2D eigenvalue weighted by molar-refractivity contribution is 7.99. The second-order valence-corrected chi connectivity index (χ2v) is 6.07. The number of fused-ring (bicyclic) bond motifs is 1. The first kappa shape index (κ1) is 14.7. The van der Waals surface area contributed by atoms with E-state index in [-0.39, 0.29) is 18.3 Å². The number of hydrogen-bond donors (Lipinski definition) is 1. The fourth-order valence-electron chi connectivity index (χ4n) is 2.56. The van der Waals surface area contributed by atoms with Crippen LogP contribution in [-0.4, -0.2) is 35.4 Å². The fourth-order valence-corrected chi connectivity index (χ4v) is 3.45. The number of halogens is 1. The van der Waals surface area contributed by atoms with Gasteiger partial charge in [0.05, 0.1) is 0 Å². The Hall–Kier alpha value is -0.710. The van der Waals surface area contributed by atoms with E-state index in [0.717, 1.165) is 43.9 Å². The molecule has 1 saturated heterocycles. The second-order valence-electron chi connectivity index (χ2n) is 4.85. The molecule has 2 aliphatic rings. The summed E-state index contributed by atoms with van der Waals surface area (Å²) in [7, 11) is 0. The number of amides is 1. The lowest BCUT2D eigenvalue weighted by Crippen LogP contribution is -2.32. The van der Waals surface area contributed by atoms with Crippen LogP contribution in [0.4, 0.5) is 0 Å². The van der Waals surface area contributed by atoms with Crippen molar-refractivity contribution in [3.63, 3.8) is 0 Å². The number of hydrogen-bond acceptors (Lipinski definition) is 3. The van der Waals surface area contributed by atoms with Gasteiger partial charge in [0.15, 0.2) is 0 Å². The van der Waals surface area contributed by atoms with Crippen molar-refractivity contribution < 1.29 is 4.79 Å². The predicted molar refractivity (Wildman–Crippen MR) is 82.1 cm³/mol. The molecular weight excluding hydrogens is 280 g/mol. The van der Waals surface area contributed by atoms with Crippen LogP contribution in [-0.2, 0) is 13.1 Å². The maximum Gasteiger partial charge on any atom is 0.253 e. The minimum absolute atomic E-state index is 0. The van der Waals surface area contributed by atoms with Crippen molar-refractivity contribution in [3.05, 3.63) is 34.9 Å². The highest BCUT2D eigenvalue weighted by atomic mass is 35.5. The SMILES string of the molecule is Cl.O=C(c1ccc2c(c1)CNC2)N1CCCSCC1. The lowest BCUT2D eigenvalue weighted by atomic mass is 10.1. The average molecular weight is 299 g/mol.